The van der Waals surface area contributed by atoms with Crippen molar-refractivity contribution in [3.8, 4) is 22.5 Å². The first kappa shape index (κ1) is 26.4. The first-order valence-electron chi connectivity index (χ1n) is 13.1. The van der Waals surface area contributed by atoms with Gasteiger partial charge in [0.15, 0.2) is 11.6 Å². The zero-order valence-electron chi connectivity index (χ0n) is 22.2. The van der Waals surface area contributed by atoms with Gasteiger partial charge in [0.2, 0.25) is 0 Å². The van der Waals surface area contributed by atoms with E-state index < -0.39 is 28.8 Å². The number of aryl methyl sites for hydroxylation is 1. The van der Waals surface area contributed by atoms with Crippen LogP contribution in [-0.4, -0.2) is 28.7 Å². The van der Waals surface area contributed by atoms with E-state index in [0.717, 1.165) is 18.0 Å². The Morgan fingerprint density at radius 3 is 2.29 bits per heavy atom. The molecule has 0 saturated heterocycles. The topological polar surface area (TPSA) is 85.1 Å². The van der Waals surface area contributed by atoms with Gasteiger partial charge in [-0.3, -0.25) is 9.59 Å². The highest BCUT2D eigenvalue weighted by Gasteiger charge is 2.48. The number of aromatic nitrogens is 2. The summed E-state index contributed by atoms with van der Waals surface area (Å²) in [6, 6.07) is 13.6. The Labute approximate surface area is 233 Å². The lowest BCUT2D eigenvalue weighted by Gasteiger charge is -2.14. The van der Waals surface area contributed by atoms with E-state index >= 15 is 4.39 Å². The zero-order valence-corrected chi connectivity index (χ0v) is 22.2. The summed E-state index contributed by atoms with van der Waals surface area (Å²) in [7, 11) is 1.43. The van der Waals surface area contributed by atoms with Gasteiger partial charge in [-0.25, -0.2) is 23.1 Å². The smallest absolute Gasteiger partial charge is 0.255 e. The van der Waals surface area contributed by atoms with Crippen molar-refractivity contribution in [1.82, 2.24) is 15.3 Å². The van der Waals surface area contributed by atoms with Gasteiger partial charge in [-0.15, -0.1) is 0 Å². The molecule has 3 aromatic carbocycles. The van der Waals surface area contributed by atoms with Crippen molar-refractivity contribution in [2.24, 2.45) is 0 Å². The van der Waals surface area contributed by atoms with Gasteiger partial charge in [-0.05, 0) is 73.4 Å². The van der Waals surface area contributed by atoms with Crippen molar-refractivity contribution >= 4 is 22.7 Å². The molecule has 1 aliphatic carbocycles. The number of carbonyl (C=O) groups excluding carboxylic acids is 2. The average Bonchev–Trinajstić information content (AvgIpc) is 3.64. The van der Waals surface area contributed by atoms with E-state index in [9.17, 15) is 18.4 Å². The van der Waals surface area contributed by atoms with Gasteiger partial charge in [0.05, 0.1) is 23.3 Å². The fourth-order valence-corrected chi connectivity index (χ4v) is 5.22. The van der Waals surface area contributed by atoms with Crippen LogP contribution in [0.25, 0.3) is 33.4 Å². The normalized spacial score (nSPS) is 13.8. The lowest BCUT2D eigenvalue weighted by atomic mass is 9.91. The molecule has 5 aromatic rings. The van der Waals surface area contributed by atoms with Gasteiger partial charge in [0, 0.05) is 35.6 Å². The molecule has 1 fully saturated rings. The molecule has 0 radical (unpaired) electrons. The van der Waals surface area contributed by atoms with E-state index in [1.165, 1.54) is 31.3 Å². The maximum Gasteiger partial charge on any atom is 0.255 e. The predicted molar refractivity (Wildman–Crippen MR) is 147 cm³/mol. The maximum absolute atomic E-state index is 16.3. The number of hydrogen-bond acceptors (Lipinski definition) is 5. The van der Waals surface area contributed by atoms with Gasteiger partial charge in [0.25, 0.3) is 5.91 Å². The van der Waals surface area contributed by atoms with E-state index in [2.05, 4.69) is 15.3 Å². The minimum Gasteiger partial charge on any atom is -0.455 e. The largest absolute Gasteiger partial charge is 0.455 e. The van der Waals surface area contributed by atoms with E-state index in [4.69, 9.17) is 4.42 Å². The van der Waals surface area contributed by atoms with Crippen LogP contribution < -0.4 is 5.32 Å². The molecule has 0 atom stereocenters. The van der Waals surface area contributed by atoms with Crippen molar-refractivity contribution in [2.75, 3.05) is 7.05 Å². The van der Waals surface area contributed by atoms with Gasteiger partial charge in [0.1, 0.15) is 28.8 Å². The summed E-state index contributed by atoms with van der Waals surface area (Å²) >= 11 is 0. The molecular weight excluding hydrogens is 531 g/mol. The van der Waals surface area contributed by atoms with Crippen molar-refractivity contribution in [1.29, 1.82) is 0 Å². The maximum atomic E-state index is 16.3. The first-order chi connectivity index (χ1) is 19.7. The van der Waals surface area contributed by atoms with Crippen molar-refractivity contribution in [3.05, 3.63) is 107 Å². The highest BCUT2D eigenvalue weighted by atomic mass is 19.1. The summed E-state index contributed by atoms with van der Waals surface area (Å²) < 4.78 is 49.1. The first-order valence-corrected chi connectivity index (χ1v) is 13.1. The van der Waals surface area contributed by atoms with E-state index in [1.807, 2.05) is 0 Å². The molecule has 41 heavy (non-hydrogen) atoms. The van der Waals surface area contributed by atoms with Crippen LogP contribution in [0.4, 0.5) is 13.2 Å². The van der Waals surface area contributed by atoms with Gasteiger partial charge >= 0.3 is 0 Å². The van der Waals surface area contributed by atoms with Crippen LogP contribution in [-0.2, 0) is 5.41 Å². The number of rotatable bonds is 7. The SMILES string of the molecule is CNC(=O)c1c(-c2ccc(F)cc2)oc2ccc(-c3cc(C(=O)CC4(c5ncc(F)cn5)CC4)ccc3C)c(F)c12. The molecule has 9 heteroatoms. The minimum absolute atomic E-state index is 0.00619. The molecule has 1 amide bonds. The number of benzene rings is 3. The molecule has 6 nitrogen and oxygen atoms in total. The average molecular weight is 556 g/mol. The Kier molecular flexibility index (Phi) is 6.44. The molecule has 206 valence electrons. The van der Waals surface area contributed by atoms with Crippen molar-refractivity contribution in [3.63, 3.8) is 0 Å². The number of Topliss-reactive ketones (excluding diaryl/α,β-unsaturated/α-hetero) is 1. The molecule has 0 unspecified atom stereocenters. The summed E-state index contributed by atoms with van der Waals surface area (Å²) in [6.07, 6.45) is 3.77. The van der Waals surface area contributed by atoms with Crippen molar-refractivity contribution in [2.45, 2.75) is 31.6 Å². The molecule has 0 bridgehead atoms. The number of carbonyl (C=O) groups is 2. The fourth-order valence-electron chi connectivity index (χ4n) is 5.22. The van der Waals surface area contributed by atoms with Crippen LogP contribution in [0.5, 0.6) is 0 Å². The summed E-state index contributed by atoms with van der Waals surface area (Å²) in [6.45, 7) is 1.81. The highest BCUT2D eigenvalue weighted by Crippen LogP contribution is 2.50. The number of furan rings is 1. The predicted octanol–water partition coefficient (Wildman–Crippen LogP) is 6.95. The number of halogens is 3. The van der Waals surface area contributed by atoms with Gasteiger partial charge in [-0.1, -0.05) is 12.1 Å². The quantitative estimate of drug-likeness (QED) is 0.220. The third-order valence-electron chi connectivity index (χ3n) is 7.65. The van der Waals surface area contributed by atoms with Gasteiger partial charge in [-0.2, -0.15) is 0 Å². The van der Waals surface area contributed by atoms with Crippen LogP contribution in [0.15, 0.2) is 71.4 Å². The number of nitrogens with one attached hydrogen (secondary N) is 1. The lowest BCUT2D eigenvalue weighted by Crippen LogP contribution is -2.18. The van der Waals surface area contributed by atoms with E-state index in [0.29, 0.717) is 35.4 Å². The Balaban J connectivity index is 1.41. The van der Waals surface area contributed by atoms with Crippen LogP contribution in [0.2, 0.25) is 0 Å². The summed E-state index contributed by atoms with van der Waals surface area (Å²) in [4.78, 5) is 34.5. The van der Waals surface area contributed by atoms with Crippen LogP contribution in [0.1, 0.15) is 51.4 Å². The second-order valence-electron chi connectivity index (χ2n) is 10.3. The third-order valence-corrected chi connectivity index (χ3v) is 7.65. The number of hydrogen-bond donors (Lipinski definition) is 1. The minimum atomic E-state index is -0.677. The molecule has 0 spiro atoms. The number of nitrogens with zero attached hydrogens (tertiary/aromatic N) is 2. The monoisotopic (exact) mass is 555 g/mol. The molecule has 0 aliphatic heterocycles. The van der Waals surface area contributed by atoms with Crippen LogP contribution >= 0.6 is 0 Å². The van der Waals surface area contributed by atoms with Crippen LogP contribution in [0.3, 0.4) is 0 Å². The molecule has 1 aliphatic rings. The number of amides is 1. The molecule has 1 saturated carbocycles. The summed E-state index contributed by atoms with van der Waals surface area (Å²) in [5.74, 6) is -1.83. The number of ketones is 1. The Morgan fingerprint density at radius 2 is 1.63 bits per heavy atom. The zero-order chi connectivity index (χ0) is 28.9. The second kappa shape index (κ2) is 9.99. The van der Waals surface area contributed by atoms with Gasteiger partial charge < -0.3 is 9.73 Å². The Bertz CT molecular complexity index is 1830. The molecule has 6 rings (SSSR count). The molecule has 2 aromatic heterocycles. The number of fused-ring (bicyclic) bond motifs is 1. The van der Waals surface area contributed by atoms with E-state index in [-0.39, 0.29) is 40.1 Å². The molecule has 2 heterocycles. The summed E-state index contributed by atoms with van der Waals surface area (Å²) in [5.41, 5.74) is 1.85. The third kappa shape index (κ3) is 4.67. The van der Waals surface area contributed by atoms with E-state index in [1.54, 1.807) is 37.3 Å². The Morgan fingerprint density at radius 1 is 0.927 bits per heavy atom. The standard InChI is InChI=1S/C32H24F3N3O3/c1-17-3-4-19(24(39)14-32(11-12-32)31-37-15-21(34)16-38-31)13-23(17)22-9-10-25-26(28(22)35)27(30(40)36-2)29(41-25)18-5-7-20(33)8-6-18/h3-10,13,15-16H,11-12,14H2,1-2H3,(H,36,40). The van der Waals surface area contributed by atoms with Crippen molar-refractivity contribution < 1.29 is 27.2 Å². The lowest BCUT2D eigenvalue weighted by molar-refractivity contribution is 0.0958. The fraction of sp³-hybridized carbons (Fsp3) is 0.188. The second-order valence-corrected chi connectivity index (χ2v) is 10.3. The Hall–Kier alpha value is -4.79. The molecular formula is C32H24F3N3O3. The molecule has 1 N–H and O–H groups in total. The summed E-state index contributed by atoms with van der Waals surface area (Å²) in [5, 5.41) is 2.52. The van der Waals surface area contributed by atoms with Crippen LogP contribution in [0, 0.1) is 24.4 Å². The highest BCUT2D eigenvalue weighted by molar-refractivity contribution is 6.12.